The second-order valence-corrected chi connectivity index (χ2v) is 11.4. The molecular formula is C41H22F2N6. The van der Waals surface area contributed by atoms with Crippen LogP contribution < -0.4 is 0 Å². The van der Waals surface area contributed by atoms with E-state index in [9.17, 15) is 19.3 Å². The Morgan fingerprint density at radius 2 is 0.980 bits per heavy atom. The van der Waals surface area contributed by atoms with E-state index in [-0.39, 0.29) is 0 Å². The number of nitrogens with zero attached hydrogens (tertiary/aromatic N) is 6. The summed E-state index contributed by atoms with van der Waals surface area (Å²) in [5.74, 6) is -0.590. The normalized spacial score (nSPS) is 11.0. The Labute approximate surface area is 279 Å². The lowest BCUT2D eigenvalue weighted by Crippen LogP contribution is -2.04. The highest BCUT2D eigenvalue weighted by Gasteiger charge is 2.21. The van der Waals surface area contributed by atoms with Crippen LogP contribution in [0.15, 0.2) is 133 Å². The minimum atomic E-state index is -0.954. The Kier molecular flexibility index (Phi) is 7.17. The molecule has 0 saturated carbocycles. The number of aromatic nitrogens is 4. The predicted octanol–water partition coefficient (Wildman–Crippen LogP) is 9.66. The van der Waals surface area contributed by atoms with Gasteiger partial charge >= 0.3 is 0 Å². The first-order chi connectivity index (χ1) is 24.0. The van der Waals surface area contributed by atoms with Crippen molar-refractivity contribution in [3.63, 3.8) is 0 Å². The summed E-state index contributed by atoms with van der Waals surface area (Å²) in [6.45, 7) is 0. The highest BCUT2D eigenvalue weighted by atomic mass is 19.2. The molecule has 0 aliphatic heterocycles. The van der Waals surface area contributed by atoms with Gasteiger partial charge in [-0.25, -0.2) is 23.7 Å². The van der Waals surface area contributed by atoms with Gasteiger partial charge in [-0.3, -0.25) is 0 Å². The lowest BCUT2D eigenvalue weighted by molar-refractivity contribution is 0.509. The van der Waals surface area contributed by atoms with Crippen molar-refractivity contribution in [2.45, 2.75) is 0 Å². The van der Waals surface area contributed by atoms with Crippen molar-refractivity contribution in [1.29, 1.82) is 10.5 Å². The van der Waals surface area contributed by atoms with Crippen LogP contribution in [0, 0.1) is 34.3 Å². The van der Waals surface area contributed by atoms with Gasteiger partial charge < -0.3 is 4.57 Å². The van der Waals surface area contributed by atoms with Crippen molar-refractivity contribution >= 4 is 21.8 Å². The van der Waals surface area contributed by atoms with Gasteiger partial charge in [0.2, 0.25) is 0 Å². The first kappa shape index (κ1) is 29.4. The van der Waals surface area contributed by atoms with Gasteiger partial charge in [0.15, 0.2) is 29.1 Å². The number of benzene rings is 6. The van der Waals surface area contributed by atoms with Crippen molar-refractivity contribution in [3.05, 3.63) is 156 Å². The van der Waals surface area contributed by atoms with Crippen molar-refractivity contribution in [1.82, 2.24) is 19.5 Å². The number of nitriles is 2. The molecule has 0 unspecified atom stereocenters. The Balaban J connectivity index is 1.47. The molecule has 6 aromatic carbocycles. The predicted molar refractivity (Wildman–Crippen MR) is 185 cm³/mol. The lowest BCUT2D eigenvalue weighted by atomic mass is 10.0. The van der Waals surface area contributed by atoms with E-state index >= 15 is 0 Å². The minimum Gasteiger partial charge on any atom is -0.308 e. The average Bonchev–Trinajstić information content (AvgIpc) is 3.48. The molecule has 0 amide bonds. The molecule has 0 N–H and O–H groups in total. The summed E-state index contributed by atoms with van der Waals surface area (Å²) in [5.41, 5.74) is 6.57. The molecule has 6 nitrogen and oxygen atoms in total. The second kappa shape index (κ2) is 12.0. The maximum atomic E-state index is 14.5. The molecule has 0 atom stereocenters. The third kappa shape index (κ3) is 5.24. The average molecular weight is 637 g/mol. The number of hydrogen-bond acceptors (Lipinski definition) is 5. The SMILES string of the molecule is N#Cc1ccc2c(c1)c1cc(C#N)ccc1n2-c1ccc(-c2ccc(F)c(F)c2)cc1-c1nc(-c2ccccc2)nc(-c2ccccc2)n1. The van der Waals surface area contributed by atoms with E-state index in [0.29, 0.717) is 51.0 Å². The Hall–Kier alpha value is -7.03. The first-order valence-electron chi connectivity index (χ1n) is 15.4. The fourth-order valence-electron chi connectivity index (χ4n) is 6.12. The largest absolute Gasteiger partial charge is 0.308 e. The van der Waals surface area contributed by atoms with Crippen LogP contribution in [-0.2, 0) is 0 Å². The Morgan fingerprint density at radius 1 is 0.469 bits per heavy atom. The summed E-state index contributed by atoms with van der Waals surface area (Å²) in [5, 5.41) is 21.0. The van der Waals surface area contributed by atoms with Gasteiger partial charge in [-0.05, 0) is 71.8 Å². The summed E-state index contributed by atoms with van der Waals surface area (Å²) in [6.07, 6.45) is 0. The number of hydrogen-bond donors (Lipinski definition) is 0. The molecule has 2 aromatic heterocycles. The molecule has 230 valence electrons. The summed E-state index contributed by atoms with van der Waals surface area (Å²) in [7, 11) is 0. The molecule has 2 heterocycles. The molecule has 8 rings (SSSR count). The second-order valence-electron chi connectivity index (χ2n) is 11.4. The van der Waals surface area contributed by atoms with Crippen LogP contribution in [0.25, 0.3) is 72.8 Å². The summed E-state index contributed by atoms with van der Waals surface area (Å²) in [6, 6.07) is 44.0. The van der Waals surface area contributed by atoms with Crippen LogP contribution >= 0.6 is 0 Å². The van der Waals surface area contributed by atoms with Crippen LogP contribution in [0.4, 0.5) is 8.78 Å². The van der Waals surface area contributed by atoms with Crippen LogP contribution in [0.3, 0.4) is 0 Å². The standard InChI is InChI=1S/C41H22F2N6/c42-34-15-13-30(22-35(34)43)29-14-18-38(49-36-16-11-25(23-44)19-31(36)32-20-26(24-45)12-17-37(32)49)33(21-29)41-47-39(27-7-3-1-4-8-27)46-40(48-41)28-9-5-2-6-10-28/h1-22H. The third-order valence-corrected chi connectivity index (χ3v) is 8.45. The van der Waals surface area contributed by atoms with Crippen LogP contribution in [-0.4, -0.2) is 19.5 Å². The molecule has 0 aliphatic rings. The van der Waals surface area contributed by atoms with Crippen molar-refractivity contribution in [2.75, 3.05) is 0 Å². The zero-order valence-electron chi connectivity index (χ0n) is 25.6. The molecule has 8 aromatic rings. The molecule has 0 aliphatic carbocycles. The molecule has 49 heavy (non-hydrogen) atoms. The van der Waals surface area contributed by atoms with E-state index in [1.807, 2.05) is 108 Å². The van der Waals surface area contributed by atoms with E-state index < -0.39 is 11.6 Å². The van der Waals surface area contributed by atoms with Gasteiger partial charge in [0.1, 0.15) is 0 Å². The Morgan fingerprint density at radius 3 is 1.51 bits per heavy atom. The van der Waals surface area contributed by atoms with Crippen molar-refractivity contribution in [2.24, 2.45) is 0 Å². The molecule has 0 fully saturated rings. The van der Waals surface area contributed by atoms with E-state index in [1.165, 1.54) is 12.1 Å². The van der Waals surface area contributed by atoms with Gasteiger partial charge in [0.05, 0.1) is 40.0 Å². The zero-order chi connectivity index (χ0) is 33.5. The van der Waals surface area contributed by atoms with Gasteiger partial charge in [0.25, 0.3) is 0 Å². The number of halogens is 2. The quantitative estimate of drug-likeness (QED) is 0.188. The third-order valence-electron chi connectivity index (χ3n) is 8.45. The minimum absolute atomic E-state index is 0.365. The highest BCUT2D eigenvalue weighted by Crippen LogP contribution is 2.39. The molecular weight excluding hydrogens is 614 g/mol. The van der Waals surface area contributed by atoms with Crippen molar-refractivity contribution in [3.8, 4) is 63.1 Å². The topological polar surface area (TPSA) is 91.2 Å². The fraction of sp³-hybridized carbons (Fsp3) is 0. The fourth-order valence-corrected chi connectivity index (χ4v) is 6.12. The molecule has 0 spiro atoms. The van der Waals surface area contributed by atoms with Gasteiger partial charge in [-0.15, -0.1) is 0 Å². The van der Waals surface area contributed by atoms with E-state index in [0.717, 1.165) is 39.0 Å². The number of fused-ring (bicyclic) bond motifs is 3. The van der Waals surface area contributed by atoms with Gasteiger partial charge in [0, 0.05) is 27.5 Å². The maximum Gasteiger partial charge on any atom is 0.166 e. The van der Waals surface area contributed by atoms with E-state index in [2.05, 4.69) is 12.1 Å². The number of rotatable bonds is 5. The highest BCUT2D eigenvalue weighted by molar-refractivity contribution is 6.10. The summed E-state index contributed by atoms with van der Waals surface area (Å²) >= 11 is 0. The smallest absolute Gasteiger partial charge is 0.166 e. The summed E-state index contributed by atoms with van der Waals surface area (Å²) in [4.78, 5) is 14.8. The van der Waals surface area contributed by atoms with E-state index in [4.69, 9.17) is 15.0 Å². The van der Waals surface area contributed by atoms with Gasteiger partial charge in [-0.2, -0.15) is 10.5 Å². The molecule has 8 heteroatoms. The maximum absolute atomic E-state index is 14.5. The van der Waals surface area contributed by atoms with Crippen LogP contribution in [0.1, 0.15) is 11.1 Å². The lowest BCUT2D eigenvalue weighted by Gasteiger charge is -2.16. The van der Waals surface area contributed by atoms with E-state index in [1.54, 1.807) is 12.1 Å². The molecule has 0 saturated heterocycles. The zero-order valence-corrected chi connectivity index (χ0v) is 25.6. The van der Waals surface area contributed by atoms with Crippen LogP contribution in [0.2, 0.25) is 0 Å². The first-order valence-corrected chi connectivity index (χ1v) is 15.4. The molecule has 0 radical (unpaired) electrons. The molecule has 0 bridgehead atoms. The monoisotopic (exact) mass is 636 g/mol. The summed E-state index contributed by atoms with van der Waals surface area (Å²) < 4.78 is 30.5. The Bertz CT molecular complexity index is 2520. The van der Waals surface area contributed by atoms with Crippen LogP contribution in [0.5, 0.6) is 0 Å². The van der Waals surface area contributed by atoms with Gasteiger partial charge in [-0.1, -0.05) is 72.8 Å². The van der Waals surface area contributed by atoms with Crippen molar-refractivity contribution < 1.29 is 8.78 Å².